The molecular weight excluding hydrogens is 402 g/mol. The molecule has 0 saturated carbocycles. The van der Waals surface area contributed by atoms with Crippen LogP contribution in [0.4, 0.5) is 27.7 Å². The number of rotatable bonds is 5. The zero-order valence-corrected chi connectivity index (χ0v) is 16.8. The first kappa shape index (κ1) is 19.4. The Morgan fingerprint density at radius 3 is 2.43 bits per heavy atom. The summed E-state index contributed by atoms with van der Waals surface area (Å²) in [6, 6.07) is 17.7. The van der Waals surface area contributed by atoms with E-state index < -0.39 is 0 Å². The smallest absolute Gasteiger partial charge is 0.323 e. The summed E-state index contributed by atoms with van der Waals surface area (Å²) in [5.74, 6) is 1.23. The summed E-state index contributed by atoms with van der Waals surface area (Å²) in [6.45, 7) is 1.94. The van der Waals surface area contributed by atoms with Gasteiger partial charge >= 0.3 is 6.03 Å². The highest BCUT2D eigenvalue weighted by Gasteiger charge is 2.07. The third-order valence-corrected chi connectivity index (χ3v) is 4.49. The molecule has 0 spiro atoms. The SMILES string of the molecule is Cc1ccc(NC(=O)Nc2ccc(Nc3ccc(-n4cccn4)nn3)cc2)c(Cl)c1. The predicted molar refractivity (Wildman–Crippen MR) is 118 cm³/mol. The Balaban J connectivity index is 1.35. The van der Waals surface area contributed by atoms with Gasteiger partial charge in [-0.05, 0) is 67.1 Å². The maximum atomic E-state index is 12.2. The lowest BCUT2D eigenvalue weighted by atomic mass is 10.2. The quantitative estimate of drug-likeness (QED) is 0.422. The van der Waals surface area contributed by atoms with Crippen LogP contribution in [0.5, 0.6) is 0 Å². The number of nitrogens with zero attached hydrogens (tertiary/aromatic N) is 4. The molecule has 8 nitrogen and oxygen atoms in total. The molecule has 0 saturated heterocycles. The Labute approximate surface area is 177 Å². The number of carbonyl (C=O) groups excluding carboxylic acids is 1. The minimum absolute atomic E-state index is 0.374. The average Bonchev–Trinajstić information content (AvgIpc) is 3.27. The predicted octanol–water partition coefficient (Wildman–Crippen LogP) is 5.01. The van der Waals surface area contributed by atoms with Crippen LogP contribution in [0, 0.1) is 6.92 Å². The van der Waals surface area contributed by atoms with Crippen molar-refractivity contribution >= 4 is 40.5 Å². The average molecular weight is 420 g/mol. The Bertz CT molecular complexity index is 1140. The third-order valence-electron chi connectivity index (χ3n) is 4.18. The van der Waals surface area contributed by atoms with E-state index >= 15 is 0 Å². The highest BCUT2D eigenvalue weighted by molar-refractivity contribution is 6.33. The number of aromatic nitrogens is 4. The van der Waals surface area contributed by atoms with Crippen molar-refractivity contribution in [1.82, 2.24) is 20.0 Å². The molecule has 0 atom stereocenters. The van der Waals surface area contributed by atoms with Crippen molar-refractivity contribution in [2.24, 2.45) is 0 Å². The topological polar surface area (TPSA) is 96.8 Å². The van der Waals surface area contributed by atoms with Crippen LogP contribution in [-0.4, -0.2) is 26.0 Å². The normalized spacial score (nSPS) is 10.5. The second-order valence-corrected chi connectivity index (χ2v) is 6.90. The zero-order chi connectivity index (χ0) is 20.9. The fourth-order valence-corrected chi connectivity index (χ4v) is 2.99. The number of nitrogens with one attached hydrogen (secondary N) is 3. The van der Waals surface area contributed by atoms with Gasteiger partial charge < -0.3 is 16.0 Å². The number of carbonyl (C=O) groups is 1. The van der Waals surface area contributed by atoms with Crippen LogP contribution < -0.4 is 16.0 Å². The molecule has 2 heterocycles. The van der Waals surface area contributed by atoms with Crippen LogP contribution in [0.15, 0.2) is 73.1 Å². The molecule has 9 heteroatoms. The number of amides is 2. The van der Waals surface area contributed by atoms with Gasteiger partial charge in [0, 0.05) is 23.8 Å². The maximum absolute atomic E-state index is 12.2. The van der Waals surface area contributed by atoms with Crippen molar-refractivity contribution in [3.05, 3.63) is 83.6 Å². The van der Waals surface area contributed by atoms with E-state index in [2.05, 4.69) is 31.2 Å². The van der Waals surface area contributed by atoms with Crippen LogP contribution in [0.3, 0.4) is 0 Å². The molecule has 0 radical (unpaired) electrons. The molecule has 3 N–H and O–H groups in total. The first-order valence-electron chi connectivity index (χ1n) is 9.12. The van der Waals surface area contributed by atoms with Crippen molar-refractivity contribution in [3.63, 3.8) is 0 Å². The number of urea groups is 1. The Hall–Kier alpha value is -3.91. The minimum atomic E-state index is -0.374. The zero-order valence-electron chi connectivity index (χ0n) is 16.0. The molecule has 4 rings (SSSR count). The fourth-order valence-electron chi connectivity index (χ4n) is 2.71. The van der Waals surface area contributed by atoms with Gasteiger partial charge in [0.1, 0.15) is 0 Å². The van der Waals surface area contributed by atoms with Crippen LogP contribution in [0.2, 0.25) is 5.02 Å². The first-order chi connectivity index (χ1) is 14.6. The molecule has 4 aromatic rings. The summed E-state index contributed by atoms with van der Waals surface area (Å²) in [7, 11) is 0. The fraction of sp³-hybridized carbons (Fsp3) is 0.0476. The molecule has 0 aliphatic heterocycles. The lowest BCUT2D eigenvalue weighted by Crippen LogP contribution is -2.19. The first-order valence-corrected chi connectivity index (χ1v) is 9.50. The lowest BCUT2D eigenvalue weighted by Gasteiger charge is -2.10. The van der Waals surface area contributed by atoms with Gasteiger partial charge in [0.25, 0.3) is 0 Å². The third kappa shape index (κ3) is 4.73. The number of anilines is 4. The van der Waals surface area contributed by atoms with Gasteiger partial charge in [-0.3, -0.25) is 0 Å². The Morgan fingerprint density at radius 2 is 1.77 bits per heavy atom. The summed E-state index contributed by atoms with van der Waals surface area (Å²) in [4.78, 5) is 12.2. The van der Waals surface area contributed by atoms with Gasteiger partial charge in [-0.15, -0.1) is 10.2 Å². The van der Waals surface area contributed by atoms with E-state index in [1.807, 2.05) is 43.3 Å². The van der Waals surface area contributed by atoms with Crippen molar-refractivity contribution in [3.8, 4) is 5.82 Å². The van der Waals surface area contributed by atoms with Crippen molar-refractivity contribution in [2.75, 3.05) is 16.0 Å². The molecule has 150 valence electrons. The van der Waals surface area contributed by atoms with E-state index in [4.69, 9.17) is 11.6 Å². The molecule has 2 amide bonds. The van der Waals surface area contributed by atoms with Gasteiger partial charge in [0.15, 0.2) is 11.6 Å². The van der Waals surface area contributed by atoms with Crippen LogP contribution >= 0.6 is 11.6 Å². The van der Waals surface area contributed by atoms with Crippen LogP contribution in [0.25, 0.3) is 5.82 Å². The molecule has 2 aromatic carbocycles. The summed E-state index contributed by atoms with van der Waals surface area (Å²) in [5, 5.41) is 21.6. The lowest BCUT2D eigenvalue weighted by molar-refractivity contribution is 0.262. The van der Waals surface area contributed by atoms with Gasteiger partial charge in [-0.2, -0.15) is 5.10 Å². The second-order valence-electron chi connectivity index (χ2n) is 6.49. The Kier molecular flexibility index (Phi) is 5.58. The summed E-state index contributed by atoms with van der Waals surface area (Å²) in [6.07, 6.45) is 3.48. The van der Waals surface area contributed by atoms with E-state index in [0.29, 0.717) is 28.0 Å². The van der Waals surface area contributed by atoms with E-state index in [0.717, 1.165) is 11.3 Å². The highest BCUT2D eigenvalue weighted by atomic mass is 35.5. The van der Waals surface area contributed by atoms with Crippen LogP contribution in [0.1, 0.15) is 5.56 Å². The highest BCUT2D eigenvalue weighted by Crippen LogP contribution is 2.23. The summed E-state index contributed by atoms with van der Waals surface area (Å²) >= 11 is 6.15. The molecule has 0 unspecified atom stereocenters. The monoisotopic (exact) mass is 419 g/mol. The summed E-state index contributed by atoms with van der Waals surface area (Å²) in [5.41, 5.74) is 3.02. The van der Waals surface area contributed by atoms with Crippen molar-refractivity contribution < 1.29 is 4.79 Å². The van der Waals surface area contributed by atoms with E-state index in [-0.39, 0.29) is 6.03 Å². The minimum Gasteiger partial charge on any atom is -0.339 e. The van der Waals surface area contributed by atoms with Gasteiger partial charge in [-0.25, -0.2) is 9.48 Å². The largest absolute Gasteiger partial charge is 0.339 e. The molecular formula is C21H18ClN7O. The number of benzene rings is 2. The van der Waals surface area contributed by atoms with Crippen LogP contribution in [-0.2, 0) is 0 Å². The molecule has 2 aromatic heterocycles. The molecule has 0 bridgehead atoms. The molecule has 30 heavy (non-hydrogen) atoms. The number of hydrogen-bond acceptors (Lipinski definition) is 5. The van der Waals surface area contributed by atoms with Gasteiger partial charge in [0.05, 0.1) is 10.7 Å². The van der Waals surface area contributed by atoms with E-state index in [1.165, 1.54) is 0 Å². The standard InChI is InChI=1S/C21H18ClN7O/c1-14-3-8-18(17(22)13-14)26-21(30)25-16-6-4-15(5-7-16)24-19-9-10-20(28-27-19)29-12-2-11-23-29/h2-13H,1H3,(H,24,27)(H2,25,26,30). The van der Waals surface area contributed by atoms with Gasteiger partial charge in [0.2, 0.25) is 0 Å². The molecule has 0 aliphatic rings. The van der Waals surface area contributed by atoms with Gasteiger partial charge in [-0.1, -0.05) is 17.7 Å². The number of halogens is 1. The maximum Gasteiger partial charge on any atom is 0.323 e. The number of hydrogen-bond donors (Lipinski definition) is 3. The Morgan fingerprint density at radius 1 is 0.967 bits per heavy atom. The second kappa shape index (κ2) is 8.62. The summed E-state index contributed by atoms with van der Waals surface area (Å²) < 4.78 is 1.63. The molecule has 0 fully saturated rings. The van der Waals surface area contributed by atoms with Crippen molar-refractivity contribution in [1.29, 1.82) is 0 Å². The molecule has 0 aliphatic carbocycles. The van der Waals surface area contributed by atoms with E-state index in [9.17, 15) is 4.79 Å². The van der Waals surface area contributed by atoms with E-state index in [1.54, 1.807) is 41.3 Å². The van der Waals surface area contributed by atoms with Crippen molar-refractivity contribution in [2.45, 2.75) is 6.92 Å². The number of aryl methyl sites for hydroxylation is 1.